The van der Waals surface area contributed by atoms with Crippen molar-refractivity contribution in [3.8, 4) is 0 Å². The molecule has 1 unspecified atom stereocenters. The van der Waals surface area contributed by atoms with Gasteiger partial charge in [0.25, 0.3) is 5.69 Å². The van der Waals surface area contributed by atoms with Crippen LogP contribution < -0.4 is 10.6 Å². The highest BCUT2D eigenvalue weighted by Crippen LogP contribution is 2.24. The number of benzene rings is 2. The molecule has 1 aliphatic rings. The van der Waals surface area contributed by atoms with Gasteiger partial charge in [0.2, 0.25) is 0 Å². The van der Waals surface area contributed by atoms with Crippen molar-refractivity contribution in [2.45, 2.75) is 45.3 Å². The third-order valence-corrected chi connectivity index (χ3v) is 5.59. The standard InChI is InChI=1S/C23H31N5O2/c1-3-24-23(25-17-19-8-7-11-22(16-19)28(29)30)26-21-12-14-27(15-13-21)18(2)20-9-5-4-6-10-20/h4-11,16,18,21H,3,12-15,17H2,1-2H3,(H2,24,25,26). The SMILES string of the molecule is CCNC(=NCc1cccc([N+](=O)[O-])c1)NC1CCN(C(C)c2ccccc2)CC1. The summed E-state index contributed by atoms with van der Waals surface area (Å²) in [7, 11) is 0. The van der Waals surface area contributed by atoms with Crippen molar-refractivity contribution in [3.63, 3.8) is 0 Å². The maximum absolute atomic E-state index is 11.0. The van der Waals surface area contributed by atoms with Gasteiger partial charge in [-0.15, -0.1) is 0 Å². The molecule has 7 nitrogen and oxygen atoms in total. The number of nitro groups is 1. The van der Waals surface area contributed by atoms with Gasteiger partial charge in [-0.1, -0.05) is 42.5 Å². The summed E-state index contributed by atoms with van der Waals surface area (Å²) in [4.78, 5) is 17.8. The van der Waals surface area contributed by atoms with Gasteiger partial charge in [0.05, 0.1) is 11.5 Å². The molecular weight excluding hydrogens is 378 g/mol. The minimum Gasteiger partial charge on any atom is -0.357 e. The Morgan fingerprint density at radius 2 is 1.93 bits per heavy atom. The van der Waals surface area contributed by atoms with Gasteiger partial charge in [0.15, 0.2) is 5.96 Å². The molecule has 2 aromatic carbocycles. The molecule has 1 heterocycles. The molecule has 1 aliphatic heterocycles. The third-order valence-electron chi connectivity index (χ3n) is 5.59. The van der Waals surface area contributed by atoms with Gasteiger partial charge in [-0.2, -0.15) is 0 Å². The van der Waals surface area contributed by atoms with Gasteiger partial charge in [-0.3, -0.25) is 15.0 Å². The fourth-order valence-corrected chi connectivity index (χ4v) is 3.83. The number of hydrogen-bond donors (Lipinski definition) is 2. The molecule has 2 N–H and O–H groups in total. The summed E-state index contributed by atoms with van der Waals surface area (Å²) in [5.41, 5.74) is 2.28. The van der Waals surface area contributed by atoms with Crippen molar-refractivity contribution in [3.05, 3.63) is 75.8 Å². The first-order valence-electron chi connectivity index (χ1n) is 10.6. The minimum absolute atomic E-state index is 0.0977. The summed E-state index contributed by atoms with van der Waals surface area (Å²) < 4.78 is 0. The number of piperidine rings is 1. The van der Waals surface area contributed by atoms with E-state index in [9.17, 15) is 10.1 Å². The Labute approximate surface area is 178 Å². The lowest BCUT2D eigenvalue weighted by Crippen LogP contribution is -2.49. The molecule has 160 valence electrons. The largest absolute Gasteiger partial charge is 0.357 e. The molecule has 3 rings (SSSR count). The van der Waals surface area contributed by atoms with Crippen LogP contribution in [0.25, 0.3) is 0 Å². The Morgan fingerprint density at radius 3 is 2.60 bits per heavy atom. The molecular formula is C23H31N5O2. The van der Waals surface area contributed by atoms with Crippen molar-refractivity contribution in [2.24, 2.45) is 4.99 Å². The molecule has 2 aromatic rings. The number of non-ortho nitro benzene ring substituents is 1. The smallest absolute Gasteiger partial charge is 0.269 e. The van der Waals surface area contributed by atoms with Gasteiger partial charge in [-0.25, -0.2) is 4.99 Å². The Bertz CT molecular complexity index is 848. The fraction of sp³-hybridized carbons (Fsp3) is 0.435. The lowest BCUT2D eigenvalue weighted by Gasteiger charge is -2.37. The number of aliphatic imine (C=N–C) groups is 1. The van der Waals surface area contributed by atoms with Gasteiger partial charge in [0.1, 0.15) is 0 Å². The number of nitro benzene ring substituents is 1. The number of nitrogens with zero attached hydrogens (tertiary/aromatic N) is 3. The zero-order chi connectivity index (χ0) is 21.3. The van der Waals surface area contributed by atoms with Crippen molar-refractivity contribution >= 4 is 11.6 Å². The van der Waals surface area contributed by atoms with Crippen LogP contribution in [-0.4, -0.2) is 41.5 Å². The summed E-state index contributed by atoms with van der Waals surface area (Å²) in [6, 6.07) is 18.1. The van der Waals surface area contributed by atoms with Crippen LogP contribution in [-0.2, 0) is 6.54 Å². The molecule has 30 heavy (non-hydrogen) atoms. The predicted molar refractivity (Wildman–Crippen MR) is 120 cm³/mol. The molecule has 0 aliphatic carbocycles. The van der Waals surface area contributed by atoms with E-state index in [1.54, 1.807) is 12.1 Å². The Hall–Kier alpha value is -2.93. The zero-order valence-electron chi connectivity index (χ0n) is 17.8. The lowest BCUT2D eigenvalue weighted by atomic mass is 10.0. The van der Waals surface area contributed by atoms with Gasteiger partial charge >= 0.3 is 0 Å². The summed E-state index contributed by atoms with van der Waals surface area (Å²) in [6.07, 6.45) is 2.11. The molecule has 0 saturated carbocycles. The van der Waals surface area contributed by atoms with Crippen LogP contribution in [0, 0.1) is 10.1 Å². The van der Waals surface area contributed by atoms with Gasteiger partial charge in [-0.05, 0) is 37.8 Å². The van der Waals surface area contributed by atoms with Crippen LogP contribution in [0.5, 0.6) is 0 Å². The first-order chi connectivity index (χ1) is 14.6. The number of hydrogen-bond acceptors (Lipinski definition) is 4. The molecule has 1 fully saturated rings. The van der Waals surface area contributed by atoms with E-state index in [1.165, 1.54) is 11.6 Å². The van der Waals surface area contributed by atoms with E-state index in [4.69, 9.17) is 0 Å². The van der Waals surface area contributed by atoms with E-state index in [-0.39, 0.29) is 10.6 Å². The summed E-state index contributed by atoms with van der Waals surface area (Å²) in [5, 5.41) is 17.8. The van der Waals surface area contributed by atoms with E-state index >= 15 is 0 Å². The topological polar surface area (TPSA) is 82.8 Å². The molecule has 1 atom stereocenters. The van der Waals surface area contributed by atoms with Gasteiger partial charge in [0, 0.05) is 43.9 Å². The molecule has 0 aromatic heterocycles. The third kappa shape index (κ3) is 6.03. The molecule has 0 spiro atoms. The fourth-order valence-electron chi connectivity index (χ4n) is 3.83. The van der Waals surface area contributed by atoms with Crippen molar-refractivity contribution in [2.75, 3.05) is 19.6 Å². The predicted octanol–water partition coefficient (Wildman–Crippen LogP) is 3.88. The van der Waals surface area contributed by atoms with Crippen LogP contribution in [0.1, 0.15) is 43.9 Å². The van der Waals surface area contributed by atoms with Crippen LogP contribution >= 0.6 is 0 Å². The Morgan fingerprint density at radius 1 is 1.20 bits per heavy atom. The van der Waals surface area contributed by atoms with Crippen LogP contribution in [0.3, 0.4) is 0 Å². The molecule has 0 bridgehead atoms. The lowest BCUT2D eigenvalue weighted by molar-refractivity contribution is -0.384. The summed E-state index contributed by atoms with van der Waals surface area (Å²) in [5.74, 6) is 0.763. The Kier molecular flexibility index (Phi) is 7.79. The van der Waals surface area contributed by atoms with E-state index in [2.05, 4.69) is 57.8 Å². The summed E-state index contributed by atoms with van der Waals surface area (Å²) >= 11 is 0. The highest BCUT2D eigenvalue weighted by Gasteiger charge is 2.24. The van der Waals surface area contributed by atoms with Crippen LogP contribution in [0.15, 0.2) is 59.6 Å². The van der Waals surface area contributed by atoms with Crippen molar-refractivity contribution in [1.29, 1.82) is 0 Å². The molecule has 0 amide bonds. The van der Waals surface area contributed by atoms with Crippen molar-refractivity contribution < 1.29 is 4.92 Å². The average Bonchev–Trinajstić information content (AvgIpc) is 2.78. The van der Waals surface area contributed by atoms with E-state index in [1.807, 2.05) is 13.0 Å². The number of rotatable bonds is 7. The van der Waals surface area contributed by atoms with E-state index in [0.29, 0.717) is 18.6 Å². The van der Waals surface area contributed by atoms with E-state index < -0.39 is 0 Å². The quantitative estimate of drug-likeness (QED) is 0.314. The second-order valence-corrected chi connectivity index (χ2v) is 7.66. The second-order valence-electron chi connectivity index (χ2n) is 7.66. The van der Waals surface area contributed by atoms with Gasteiger partial charge < -0.3 is 10.6 Å². The normalized spacial score (nSPS) is 16.8. The monoisotopic (exact) mass is 409 g/mol. The molecule has 1 saturated heterocycles. The summed E-state index contributed by atoms with van der Waals surface area (Å²) in [6.45, 7) is 7.56. The first-order valence-corrected chi connectivity index (χ1v) is 10.6. The number of nitrogens with one attached hydrogen (secondary N) is 2. The van der Waals surface area contributed by atoms with Crippen LogP contribution in [0.4, 0.5) is 5.69 Å². The van der Waals surface area contributed by atoms with E-state index in [0.717, 1.165) is 44.0 Å². The van der Waals surface area contributed by atoms with Crippen LogP contribution in [0.2, 0.25) is 0 Å². The highest BCUT2D eigenvalue weighted by molar-refractivity contribution is 5.80. The minimum atomic E-state index is -0.374. The maximum Gasteiger partial charge on any atom is 0.269 e. The maximum atomic E-state index is 11.0. The number of likely N-dealkylation sites (tertiary alicyclic amines) is 1. The number of guanidine groups is 1. The average molecular weight is 410 g/mol. The highest BCUT2D eigenvalue weighted by atomic mass is 16.6. The molecule has 0 radical (unpaired) electrons. The first kappa shape index (κ1) is 21.8. The zero-order valence-corrected chi connectivity index (χ0v) is 17.8. The second kappa shape index (κ2) is 10.7. The molecule has 7 heteroatoms. The van der Waals surface area contributed by atoms with Crippen molar-refractivity contribution in [1.82, 2.24) is 15.5 Å². The Balaban J connectivity index is 1.55.